The number of rotatable bonds is 1. The van der Waals surface area contributed by atoms with Crippen LogP contribution < -0.4 is 10.5 Å². The summed E-state index contributed by atoms with van der Waals surface area (Å²) in [4.78, 5) is 3.00. The highest BCUT2D eigenvalue weighted by atomic mass is 16.5. The zero-order valence-corrected chi connectivity index (χ0v) is 6.11. The number of benzene rings is 1. The number of nitrogen functional groups attached to an aromatic ring is 1. The first-order chi connectivity index (χ1) is 5.27. The maximum Gasteiger partial charge on any atom is 0.428 e. The van der Waals surface area contributed by atoms with Gasteiger partial charge in [-0.2, -0.15) is 0 Å². The van der Waals surface area contributed by atoms with Crippen LogP contribution in [0.5, 0.6) is 5.75 Å². The van der Waals surface area contributed by atoms with E-state index in [2.05, 4.69) is 4.98 Å². The summed E-state index contributed by atoms with van der Waals surface area (Å²) in [5.74, 6) is 0.502. The van der Waals surface area contributed by atoms with Crippen LogP contribution in [-0.4, -0.2) is 7.11 Å². The predicted molar refractivity (Wildman–Crippen MR) is 42.2 cm³/mol. The van der Waals surface area contributed by atoms with Gasteiger partial charge in [0, 0.05) is 5.69 Å². The predicted octanol–water partition coefficient (Wildman–Crippen LogP) is 1.76. The molecule has 1 aromatic carbocycles. The molecule has 0 unspecified atom stereocenters. The SMILES string of the molecule is COc1ccc(N)cc1[N+]#N. The summed E-state index contributed by atoms with van der Waals surface area (Å²) in [6.07, 6.45) is 0. The zero-order chi connectivity index (χ0) is 8.27. The Hall–Kier alpha value is -1.76. The standard InChI is InChI=1S/C7H8N3O/c1-11-7-3-2-5(8)4-6(7)10-9/h2-4H,8H2,1H3/q+1. The summed E-state index contributed by atoms with van der Waals surface area (Å²) in [6, 6.07) is 4.84. The summed E-state index contributed by atoms with van der Waals surface area (Å²) < 4.78 is 4.88. The lowest BCUT2D eigenvalue weighted by Gasteiger charge is -1.94. The maximum atomic E-state index is 8.46. The summed E-state index contributed by atoms with van der Waals surface area (Å²) >= 11 is 0. The van der Waals surface area contributed by atoms with Crippen LogP contribution in [0.3, 0.4) is 0 Å². The van der Waals surface area contributed by atoms with Crippen LogP contribution in [0.15, 0.2) is 18.2 Å². The molecule has 4 nitrogen and oxygen atoms in total. The Balaban J connectivity index is 3.19. The number of nitrogens with two attached hydrogens (primary N) is 1. The Labute approximate surface area is 64.2 Å². The molecule has 11 heavy (non-hydrogen) atoms. The van der Waals surface area contributed by atoms with Crippen LogP contribution in [-0.2, 0) is 0 Å². The molecule has 0 aliphatic heterocycles. The van der Waals surface area contributed by atoms with E-state index in [1.54, 1.807) is 12.1 Å². The van der Waals surface area contributed by atoms with Crippen molar-refractivity contribution in [3.8, 4) is 5.75 Å². The number of nitrogens with zero attached hydrogens (tertiary/aromatic N) is 2. The third-order valence-corrected chi connectivity index (χ3v) is 1.31. The van der Waals surface area contributed by atoms with Gasteiger partial charge in [0.05, 0.1) is 13.2 Å². The topological polar surface area (TPSA) is 63.4 Å². The molecule has 1 rings (SSSR count). The van der Waals surface area contributed by atoms with Gasteiger partial charge in [-0.3, -0.25) is 0 Å². The van der Waals surface area contributed by atoms with Gasteiger partial charge in [0.25, 0.3) is 0 Å². The molecule has 2 N–H and O–H groups in total. The highest BCUT2D eigenvalue weighted by Gasteiger charge is 2.13. The number of methoxy groups -OCH3 is 1. The Morgan fingerprint density at radius 2 is 2.27 bits per heavy atom. The number of ether oxygens (including phenoxy) is 1. The van der Waals surface area contributed by atoms with E-state index < -0.39 is 0 Å². The van der Waals surface area contributed by atoms with Crippen LogP contribution in [0.2, 0.25) is 0 Å². The average Bonchev–Trinajstić information content (AvgIpc) is 2.04. The molecule has 56 valence electrons. The van der Waals surface area contributed by atoms with Gasteiger partial charge >= 0.3 is 5.69 Å². The van der Waals surface area contributed by atoms with Crippen molar-refractivity contribution in [2.24, 2.45) is 0 Å². The largest absolute Gasteiger partial charge is 0.489 e. The summed E-state index contributed by atoms with van der Waals surface area (Å²) in [5.41, 5.74) is 6.31. The molecule has 0 amide bonds. The van der Waals surface area contributed by atoms with E-state index in [9.17, 15) is 0 Å². The molecule has 4 heteroatoms. The Morgan fingerprint density at radius 3 is 2.82 bits per heavy atom. The normalized spacial score (nSPS) is 8.73. The Kier molecular flexibility index (Phi) is 1.93. The van der Waals surface area contributed by atoms with Crippen LogP contribution in [0.25, 0.3) is 4.98 Å². The molecular formula is C7H8N3O+. The molecular weight excluding hydrogens is 142 g/mol. The average molecular weight is 150 g/mol. The van der Waals surface area contributed by atoms with Crippen LogP contribution in [0.4, 0.5) is 11.4 Å². The lowest BCUT2D eigenvalue weighted by Crippen LogP contribution is -1.86. The number of hydrogen-bond acceptors (Lipinski definition) is 3. The van der Waals surface area contributed by atoms with Crippen molar-refractivity contribution in [3.05, 3.63) is 23.2 Å². The molecule has 0 heterocycles. The third kappa shape index (κ3) is 1.38. The molecule has 0 atom stereocenters. The molecule has 0 aliphatic rings. The second kappa shape index (κ2) is 2.88. The minimum atomic E-state index is 0.340. The zero-order valence-electron chi connectivity index (χ0n) is 6.11. The first-order valence-electron chi connectivity index (χ1n) is 3.06. The lowest BCUT2D eigenvalue weighted by atomic mass is 10.2. The molecule has 0 saturated carbocycles. The molecule has 0 bridgehead atoms. The van der Waals surface area contributed by atoms with E-state index >= 15 is 0 Å². The maximum absolute atomic E-state index is 8.46. The van der Waals surface area contributed by atoms with Crippen LogP contribution in [0, 0.1) is 5.39 Å². The highest BCUT2D eigenvalue weighted by molar-refractivity contribution is 5.63. The minimum absolute atomic E-state index is 0.340. The second-order valence-corrected chi connectivity index (χ2v) is 2.03. The third-order valence-electron chi connectivity index (χ3n) is 1.31. The summed E-state index contributed by atoms with van der Waals surface area (Å²) in [6.45, 7) is 0. The van der Waals surface area contributed by atoms with Crippen molar-refractivity contribution >= 4 is 11.4 Å². The first-order valence-corrected chi connectivity index (χ1v) is 3.06. The van der Waals surface area contributed by atoms with Gasteiger partial charge in [-0.15, -0.1) is 0 Å². The molecule has 0 aromatic heterocycles. The van der Waals surface area contributed by atoms with E-state index in [1.165, 1.54) is 13.2 Å². The van der Waals surface area contributed by atoms with Crippen molar-refractivity contribution in [2.45, 2.75) is 0 Å². The summed E-state index contributed by atoms with van der Waals surface area (Å²) in [7, 11) is 1.50. The van der Waals surface area contributed by atoms with Gasteiger partial charge in [0.15, 0.2) is 4.98 Å². The fourth-order valence-electron chi connectivity index (χ4n) is 0.785. The molecule has 0 spiro atoms. The van der Waals surface area contributed by atoms with Crippen molar-refractivity contribution in [1.82, 2.24) is 0 Å². The van der Waals surface area contributed by atoms with Crippen molar-refractivity contribution in [1.29, 1.82) is 5.39 Å². The molecule has 0 radical (unpaired) electrons. The van der Waals surface area contributed by atoms with Gasteiger partial charge in [-0.05, 0) is 12.1 Å². The highest BCUT2D eigenvalue weighted by Crippen LogP contribution is 2.28. The number of diazo groups is 1. The Morgan fingerprint density at radius 1 is 1.55 bits per heavy atom. The van der Waals surface area contributed by atoms with E-state index in [1.807, 2.05) is 0 Å². The van der Waals surface area contributed by atoms with E-state index in [0.717, 1.165) is 0 Å². The summed E-state index contributed by atoms with van der Waals surface area (Å²) in [5, 5.41) is 8.46. The van der Waals surface area contributed by atoms with Crippen molar-refractivity contribution in [2.75, 3.05) is 12.8 Å². The van der Waals surface area contributed by atoms with Gasteiger partial charge < -0.3 is 10.5 Å². The monoisotopic (exact) mass is 150 g/mol. The van der Waals surface area contributed by atoms with E-state index in [-0.39, 0.29) is 0 Å². The van der Waals surface area contributed by atoms with Crippen molar-refractivity contribution < 1.29 is 4.74 Å². The van der Waals surface area contributed by atoms with Gasteiger partial charge in [0.1, 0.15) is 0 Å². The molecule has 0 aliphatic carbocycles. The second-order valence-electron chi connectivity index (χ2n) is 2.03. The fraction of sp³-hybridized carbons (Fsp3) is 0.143. The smallest absolute Gasteiger partial charge is 0.428 e. The Bertz CT molecular complexity index is 303. The van der Waals surface area contributed by atoms with Crippen LogP contribution in [0.1, 0.15) is 0 Å². The van der Waals surface area contributed by atoms with Gasteiger partial charge in [-0.1, -0.05) is 0 Å². The molecule has 0 saturated heterocycles. The lowest BCUT2D eigenvalue weighted by molar-refractivity contribution is 0.417. The van der Waals surface area contributed by atoms with E-state index in [0.29, 0.717) is 17.1 Å². The van der Waals surface area contributed by atoms with Gasteiger partial charge in [0.2, 0.25) is 11.1 Å². The van der Waals surface area contributed by atoms with Gasteiger partial charge in [-0.25, -0.2) is 0 Å². The van der Waals surface area contributed by atoms with Crippen LogP contribution >= 0.6 is 0 Å². The minimum Gasteiger partial charge on any atom is -0.489 e. The first kappa shape index (κ1) is 7.35. The number of anilines is 1. The number of hydrogen-bond donors (Lipinski definition) is 1. The fourth-order valence-corrected chi connectivity index (χ4v) is 0.785. The van der Waals surface area contributed by atoms with E-state index in [4.69, 9.17) is 15.9 Å². The quantitative estimate of drug-likeness (QED) is 0.490. The van der Waals surface area contributed by atoms with Crippen molar-refractivity contribution in [3.63, 3.8) is 0 Å². The molecule has 1 aromatic rings. The molecule has 0 fully saturated rings.